The van der Waals surface area contributed by atoms with Crippen LogP contribution in [0.5, 0.6) is 5.75 Å². The third kappa shape index (κ3) is 6.05. The Morgan fingerprint density at radius 2 is 1.61 bits per heavy atom. The van der Waals surface area contributed by atoms with Gasteiger partial charge in [-0.15, -0.1) is 0 Å². The highest BCUT2D eigenvalue weighted by molar-refractivity contribution is 5.28. The van der Waals surface area contributed by atoms with Crippen LogP contribution in [0.25, 0.3) is 0 Å². The molecule has 0 aliphatic rings. The summed E-state index contributed by atoms with van der Waals surface area (Å²) in [6.07, 6.45) is 0.209. The van der Waals surface area contributed by atoms with Crippen LogP contribution in [-0.2, 0) is 24.4 Å². The number of ether oxygens (including phenoxy) is 2. The van der Waals surface area contributed by atoms with Gasteiger partial charge < -0.3 is 14.8 Å². The molecule has 0 amide bonds. The van der Waals surface area contributed by atoms with Crippen molar-refractivity contribution in [1.82, 2.24) is 5.32 Å². The Morgan fingerprint density at radius 3 is 2.26 bits per heavy atom. The normalized spacial score (nSPS) is 11.0. The van der Waals surface area contributed by atoms with Crippen LogP contribution >= 0.6 is 0 Å². The molecule has 0 spiro atoms. The standard InChI is InChI=1S/C20H27NO2/c1-4-22-15-19-8-6-5-7-18(19)14-21-13-17-9-11-20(12-10-17)23-16(2)3/h5-12,16,21H,4,13-15H2,1-3H3. The van der Waals surface area contributed by atoms with E-state index in [4.69, 9.17) is 9.47 Å². The van der Waals surface area contributed by atoms with Gasteiger partial charge in [-0.2, -0.15) is 0 Å². The Balaban J connectivity index is 1.85. The minimum atomic E-state index is 0.209. The van der Waals surface area contributed by atoms with Gasteiger partial charge in [0.2, 0.25) is 0 Å². The first-order valence-corrected chi connectivity index (χ1v) is 8.30. The van der Waals surface area contributed by atoms with E-state index in [0.717, 1.165) is 25.4 Å². The van der Waals surface area contributed by atoms with Crippen LogP contribution in [0.3, 0.4) is 0 Å². The molecule has 2 aromatic rings. The van der Waals surface area contributed by atoms with Crippen LogP contribution in [0, 0.1) is 0 Å². The first-order valence-electron chi connectivity index (χ1n) is 8.30. The largest absolute Gasteiger partial charge is 0.491 e. The summed E-state index contributed by atoms with van der Waals surface area (Å²) in [5.41, 5.74) is 3.80. The number of hydrogen-bond donors (Lipinski definition) is 1. The Morgan fingerprint density at radius 1 is 0.913 bits per heavy atom. The lowest BCUT2D eigenvalue weighted by molar-refractivity contribution is 0.133. The molecular formula is C20H27NO2. The minimum Gasteiger partial charge on any atom is -0.491 e. The van der Waals surface area contributed by atoms with Crippen molar-refractivity contribution in [3.05, 3.63) is 65.2 Å². The molecule has 0 bridgehead atoms. The summed E-state index contributed by atoms with van der Waals surface area (Å²) in [6.45, 7) is 9.19. The molecule has 0 saturated heterocycles. The summed E-state index contributed by atoms with van der Waals surface area (Å²) < 4.78 is 11.2. The number of nitrogens with one attached hydrogen (secondary N) is 1. The number of hydrogen-bond acceptors (Lipinski definition) is 3. The van der Waals surface area contributed by atoms with Crippen LogP contribution < -0.4 is 10.1 Å². The van der Waals surface area contributed by atoms with E-state index in [1.165, 1.54) is 16.7 Å². The van der Waals surface area contributed by atoms with Crippen molar-refractivity contribution in [3.8, 4) is 5.75 Å². The van der Waals surface area contributed by atoms with E-state index in [0.29, 0.717) is 6.61 Å². The van der Waals surface area contributed by atoms with Crippen LogP contribution in [0.15, 0.2) is 48.5 Å². The molecule has 3 heteroatoms. The molecule has 1 N–H and O–H groups in total. The predicted molar refractivity (Wildman–Crippen MR) is 94.5 cm³/mol. The Hall–Kier alpha value is -1.84. The fraction of sp³-hybridized carbons (Fsp3) is 0.400. The maximum atomic E-state index is 5.66. The van der Waals surface area contributed by atoms with Gasteiger partial charge in [0.05, 0.1) is 12.7 Å². The van der Waals surface area contributed by atoms with Crippen molar-refractivity contribution >= 4 is 0 Å². The zero-order chi connectivity index (χ0) is 16.5. The van der Waals surface area contributed by atoms with Crippen LogP contribution in [0.2, 0.25) is 0 Å². The highest BCUT2D eigenvalue weighted by Crippen LogP contribution is 2.14. The van der Waals surface area contributed by atoms with E-state index in [2.05, 4.69) is 41.7 Å². The fourth-order valence-electron chi connectivity index (χ4n) is 2.38. The zero-order valence-corrected chi connectivity index (χ0v) is 14.3. The predicted octanol–water partition coefficient (Wildman–Crippen LogP) is 4.30. The molecule has 0 fully saturated rings. The molecule has 0 aromatic heterocycles. The lowest BCUT2D eigenvalue weighted by atomic mass is 10.1. The highest BCUT2D eigenvalue weighted by atomic mass is 16.5. The van der Waals surface area contributed by atoms with Crippen molar-refractivity contribution in [1.29, 1.82) is 0 Å². The quantitative estimate of drug-likeness (QED) is 0.748. The van der Waals surface area contributed by atoms with Gasteiger partial charge >= 0.3 is 0 Å². The van der Waals surface area contributed by atoms with E-state index in [9.17, 15) is 0 Å². The zero-order valence-electron chi connectivity index (χ0n) is 14.3. The van der Waals surface area contributed by atoms with Gasteiger partial charge in [-0.05, 0) is 49.6 Å². The van der Waals surface area contributed by atoms with E-state index in [1.807, 2.05) is 32.9 Å². The van der Waals surface area contributed by atoms with Crippen molar-refractivity contribution in [3.63, 3.8) is 0 Å². The first kappa shape index (κ1) is 17.5. The molecular weight excluding hydrogens is 286 g/mol. The van der Waals surface area contributed by atoms with Gasteiger partial charge in [0.15, 0.2) is 0 Å². The Kier molecular flexibility index (Phi) is 7.11. The van der Waals surface area contributed by atoms with Gasteiger partial charge in [-0.1, -0.05) is 36.4 Å². The van der Waals surface area contributed by atoms with E-state index < -0.39 is 0 Å². The lowest BCUT2D eigenvalue weighted by Gasteiger charge is -2.12. The molecule has 2 aromatic carbocycles. The van der Waals surface area contributed by atoms with Crippen molar-refractivity contribution < 1.29 is 9.47 Å². The molecule has 0 heterocycles. The second kappa shape index (κ2) is 9.33. The maximum Gasteiger partial charge on any atom is 0.119 e. The van der Waals surface area contributed by atoms with Crippen LogP contribution in [0.1, 0.15) is 37.5 Å². The average molecular weight is 313 g/mol. The molecule has 0 unspecified atom stereocenters. The van der Waals surface area contributed by atoms with E-state index in [1.54, 1.807) is 0 Å². The second-order valence-electron chi connectivity index (χ2n) is 5.82. The average Bonchev–Trinajstić information content (AvgIpc) is 2.55. The van der Waals surface area contributed by atoms with E-state index >= 15 is 0 Å². The number of rotatable bonds is 9. The topological polar surface area (TPSA) is 30.5 Å². The lowest BCUT2D eigenvalue weighted by Crippen LogP contribution is -2.14. The molecule has 0 aliphatic heterocycles. The summed E-state index contributed by atoms with van der Waals surface area (Å²) in [5, 5.41) is 3.50. The van der Waals surface area contributed by atoms with Crippen LogP contribution in [-0.4, -0.2) is 12.7 Å². The van der Waals surface area contributed by atoms with Gasteiger partial charge in [0, 0.05) is 19.7 Å². The third-order valence-electron chi connectivity index (χ3n) is 3.52. The van der Waals surface area contributed by atoms with Crippen molar-refractivity contribution in [2.75, 3.05) is 6.61 Å². The van der Waals surface area contributed by atoms with Gasteiger partial charge in [0.1, 0.15) is 5.75 Å². The summed E-state index contributed by atoms with van der Waals surface area (Å²) in [7, 11) is 0. The number of benzene rings is 2. The molecule has 0 saturated carbocycles. The van der Waals surface area contributed by atoms with Gasteiger partial charge in [-0.3, -0.25) is 0 Å². The van der Waals surface area contributed by atoms with Gasteiger partial charge in [0.25, 0.3) is 0 Å². The Labute approximate surface area is 139 Å². The van der Waals surface area contributed by atoms with Crippen molar-refractivity contribution in [2.24, 2.45) is 0 Å². The smallest absolute Gasteiger partial charge is 0.119 e. The molecule has 2 rings (SSSR count). The molecule has 0 radical (unpaired) electrons. The SMILES string of the molecule is CCOCc1ccccc1CNCc1ccc(OC(C)C)cc1. The molecule has 124 valence electrons. The monoisotopic (exact) mass is 313 g/mol. The highest BCUT2D eigenvalue weighted by Gasteiger charge is 2.02. The fourth-order valence-corrected chi connectivity index (χ4v) is 2.38. The summed E-state index contributed by atoms with van der Waals surface area (Å²) >= 11 is 0. The molecule has 0 aliphatic carbocycles. The molecule has 3 nitrogen and oxygen atoms in total. The molecule has 23 heavy (non-hydrogen) atoms. The van der Waals surface area contributed by atoms with E-state index in [-0.39, 0.29) is 6.10 Å². The van der Waals surface area contributed by atoms with Crippen molar-refractivity contribution in [2.45, 2.75) is 46.6 Å². The summed E-state index contributed by atoms with van der Waals surface area (Å²) in [4.78, 5) is 0. The maximum absolute atomic E-state index is 5.66. The summed E-state index contributed by atoms with van der Waals surface area (Å²) in [6, 6.07) is 16.7. The minimum absolute atomic E-state index is 0.209. The van der Waals surface area contributed by atoms with Gasteiger partial charge in [-0.25, -0.2) is 0 Å². The summed E-state index contributed by atoms with van der Waals surface area (Å²) in [5.74, 6) is 0.922. The molecule has 0 atom stereocenters. The first-order chi connectivity index (χ1) is 11.2. The third-order valence-corrected chi connectivity index (χ3v) is 3.52. The second-order valence-corrected chi connectivity index (χ2v) is 5.82. The van der Waals surface area contributed by atoms with Crippen LogP contribution in [0.4, 0.5) is 0 Å². The Bertz CT molecular complexity index is 578.